The standard InChI is InChI=1S/C31H44BrN3O/c1-2-3-4-5-6-7-8-9-10-16-25-35-29-18-14-13-17-28(29)34-30(35)19-12-11-15-24-33-31(36)26-20-22-27(32)23-21-26/h13-14,17-18,20-23H,2-12,15-16,19,24-25H2,1H3,(H,33,36). The molecule has 0 aliphatic heterocycles. The number of imidazole rings is 1. The fourth-order valence-electron chi connectivity index (χ4n) is 4.81. The maximum atomic E-state index is 12.3. The van der Waals surface area contributed by atoms with Crippen molar-refractivity contribution in [3.8, 4) is 0 Å². The van der Waals surface area contributed by atoms with Crippen LogP contribution in [0.15, 0.2) is 53.0 Å². The number of amides is 1. The number of para-hydroxylation sites is 2. The molecular weight excluding hydrogens is 510 g/mol. The van der Waals surface area contributed by atoms with Crippen LogP contribution in [-0.4, -0.2) is 22.0 Å². The number of nitrogens with one attached hydrogen (secondary N) is 1. The molecule has 0 atom stereocenters. The van der Waals surface area contributed by atoms with Crippen molar-refractivity contribution < 1.29 is 4.79 Å². The zero-order valence-corrected chi connectivity index (χ0v) is 23.7. The molecule has 0 aliphatic rings. The molecule has 1 heterocycles. The van der Waals surface area contributed by atoms with Crippen LogP contribution in [0.2, 0.25) is 0 Å². The Balaban J connectivity index is 1.36. The molecule has 0 aliphatic carbocycles. The summed E-state index contributed by atoms with van der Waals surface area (Å²) in [6.07, 6.45) is 17.8. The van der Waals surface area contributed by atoms with Crippen molar-refractivity contribution in [1.82, 2.24) is 14.9 Å². The third-order valence-corrected chi connectivity index (χ3v) is 7.47. The average Bonchev–Trinajstić information content (AvgIpc) is 3.24. The van der Waals surface area contributed by atoms with Crippen LogP contribution < -0.4 is 5.32 Å². The van der Waals surface area contributed by atoms with E-state index in [1.165, 1.54) is 75.5 Å². The van der Waals surface area contributed by atoms with E-state index in [-0.39, 0.29) is 5.91 Å². The van der Waals surface area contributed by atoms with Gasteiger partial charge in [-0.2, -0.15) is 0 Å². The Labute approximate surface area is 226 Å². The van der Waals surface area contributed by atoms with E-state index in [2.05, 4.69) is 57.0 Å². The van der Waals surface area contributed by atoms with Crippen molar-refractivity contribution in [2.75, 3.05) is 6.54 Å². The molecule has 0 unspecified atom stereocenters. The predicted octanol–water partition coefficient (Wildman–Crippen LogP) is 8.86. The summed E-state index contributed by atoms with van der Waals surface area (Å²) in [6.45, 7) is 4.06. The number of hydrogen-bond acceptors (Lipinski definition) is 2. The molecule has 3 aromatic rings. The molecule has 1 aromatic heterocycles. The van der Waals surface area contributed by atoms with E-state index in [4.69, 9.17) is 4.98 Å². The first-order chi connectivity index (χ1) is 17.7. The number of hydrogen-bond donors (Lipinski definition) is 1. The number of aryl methyl sites for hydroxylation is 2. The van der Waals surface area contributed by atoms with E-state index in [0.29, 0.717) is 12.1 Å². The Kier molecular flexibility index (Phi) is 13.1. The topological polar surface area (TPSA) is 46.9 Å². The molecule has 1 N–H and O–H groups in total. The van der Waals surface area contributed by atoms with Gasteiger partial charge in [0.25, 0.3) is 5.91 Å². The maximum absolute atomic E-state index is 12.3. The highest BCUT2D eigenvalue weighted by Gasteiger charge is 2.10. The third-order valence-electron chi connectivity index (χ3n) is 6.94. The zero-order chi connectivity index (χ0) is 25.4. The van der Waals surface area contributed by atoms with Gasteiger partial charge in [0.1, 0.15) is 5.82 Å². The Morgan fingerprint density at radius 1 is 0.806 bits per heavy atom. The average molecular weight is 555 g/mol. The van der Waals surface area contributed by atoms with Crippen LogP contribution in [0, 0.1) is 0 Å². The first kappa shape index (κ1) is 28.4. The summed E-state index contributed by atoms with van der Waals surface area (Å²) in [5.74, 6) is 1.21. The van der Waals surface area contributed by atoms with E-state index in [9.17, 15) is 4.79 Å². The molecule has 1 amide bonds. The first-order valence-electron chi connectivity index (χ1n) is 14.2. The highest BCUT2D eigenvalue weighted by molar-refractivity contribution is 9.10. The van der Waals surface area contributed by atoms with Gasteiger partial charge < -0.3 is 9.88 Å². The summed E-state index contributed by atoms with van der Waals surface area (Å²) >= 11 is 3.41. The van der Waals surface area contributed by atoms with Crippen LogP contribution >= 0.6 is 15.9 Å². The van der Waals surface area contributed by atoms with Crippen molar-refractivity contribution in [1.29, 1.82) is 0 Å². The van der Waals surface area contributed by atoms with Crippen LogP contribution in [0.1, 0.15) is 107 Å². The largest absolute Gasteiger partial charge is 0.352 e. The smallest absolute Gasteiger partial charge is 0.251 e. The van der Waals surface area contributed by atoms with Gasteiger partial charge in [0.05, 0.1) is 11.0 Å². The maximum Gasteiger partial charge on any atom is 0.251 e. The summed E-state index contributed by atoms with van der Waals surface area (Å²) in [5.41, 5.74) is 3.09. The molecule has 0 saturated carbocycles. The Morgan fingerprint density at radius 2 is 1.44 bits per heavy atom. The van der Waals surface area contributed by atoms with Crippen LogP contribution in [0.25, 0.3) is 11.0 Å². The lowest BCUT2D eigenvalue weighted by atomic mass is 10.1. The lowest BCUT2D eigenvalue weighted by Gasteiger charge is -2.10. The number of fused-ring (bicyclic) bond motifs is 1. The van der Waals surface area contributed by atoms with Crippen LogP contribution in [0.3, 0.4) is 0 Å². The second kappa shape index (κ2) is 16.6. The van der Waals surface area contributed by atoms with Crippen LogP contribution in [0.4, 0.5) is 0 Å². The van der Waals surface area contributed by atoms with Crippen LogP contribution in [-0.2, 0) is 13.0 Å². The molecule has 3 rings (SSSR count). The van der Waals surface area contributed by atoms with Crippen molar-refractivity contribution in [3.63, 3.8) is 0 Å². The van der Waals surface area contributed by atoms with E-state index in [0.717, 1.165) is 42.2 Å². The number of halogens is 1. The number of benzene rings is 2. The molecule has 36 heavy (non-hydrogen) atoms. The molecule has 0 fully saturated rings. The highest BCUT2D eigenvalue weighted by atomic mass is 79.9. The summed E-state index contributed by atoms with van der Waals surface area (Å²) in [5, 5.41) is 3.04. The zero-order valence-electron chi connectivity index (χ0n) is 22.1. The first-order valence-corrected chi connectivity index (χ1v) is 15.0. The lowest BCUT2D eigenvalue weighted by Crippen LogP contribution is -2.24. The fraction of sp³-hybridized carbons (Fsp3) is 0.548. The van der Waals surface area contributed by atoms with Gasteiger partial charge in [-0.25, -0.2) is 4.98 Å². The van der Waals surface area contributed by atoms with Gasteiger partial charge in [0.15, 0.2) is 0 Å². The van der Waals surface area contributed by atoms with Gasteiger partial charge in [-0.1, -0.05) is 99.2 Å². The van der Waals surface area contributed by atoms with Crippen molar-refractivity contribution in [2.45, 2.75) is 103 Å². The van der Waals surface area contributed by atoms with E-state index < -0.39 is 0 Å². The number of unbranched alkanes of at least 4 members (excludes halogenated alkanes) is 11. The Hall–Kier alpha value is -2.14. The SMILES string of the molecule is CCCCCCCCCCCCn1c(CCCCCNC(=O)c2ccc(Br)cc2)nc2ccccc21. The number of carbonyl (C=O) groups is 1. The fourth-order valence-corrected chi connectivity index (χ4v) is 5.08. The number of nitrogens with zero attached hydrogens (tertiary/aromatic N) is 2. The molecule has 2 aromatic carbocycles. The molecule has 0 spiro atoms. The second-order valence-corrected chi connectivity index (χ2v) is 10.8. The van der Waals surface area contributed by atoms with Gasteiger partial charge in [-0.3, -0.25) is 4.79 Å². The number of aromatic nitrogens is 2. The minimum Gasteiger partial charge on any atom is -0.352 e. The summed E-state index contributed by atoms with van der Waals surface area (Å²) < 4.78 is 3.44. The van der Waals surface area contributed by atoms with Gasteiger partial charge in [0, 0.05) is 29.5 Å². The molecule has 5 heteroatoms. The van der Waals surface area contributed by atoms with Crippen molar-refractivity contribution in [2.24, 2.45) is 0 Å². The minimum absolute atomic E-state index is 0.000727. The quantitative estimate of drug-likeness (QED) is 0.160. The minimum atomic E-state index is 0.000727. The molecular formula is C31H44BrN3O. The van der Waals surface area contributed by atoms with Gasteiger partial charge >= 0.3 is 0 Å². The molecule has 0 bridgehead atoms. The van der Waals surface area contributed by atoms with Crippen LogP contribution in [0.5, 0.6) is 0 Å². The van der Waals surface area contributed by atoms with E-state index in [1.807, 2.05) is 24.3 Å². The monoisotopic (exact) mass is 553 g/mol. The molecule has 4 nitrogen and oxygen atoms in total. The summed E-state index contributed by atoms with van der Waals surface area (Å²) in [6, 6.07) is 16.0. The third kappa shape index (κ3) is 9.72. The van der Waals surface area contributed by atoms with E-state index in [1.54, 1.807) is 0 Å². The summed E-state index contributed by atoms with van der Waals surface area (Å²) in [7, 11) is 0. The Bertz CT molecular complexity index is 1030. The van der Waals surface area contributed by atoms with Gasteiger partial charge in [-0.15, -0.1) is 0 Å². The van der Waals surface area contributed by atoms with Gasteiger partial charge in [-0.05, 0) is 55.7 Å². The number of carbonyl (C=O) groups excluding carboxylic acids is 1. The van der Waals surface area contributed by atoms with E-state index >= 15 is 0 Å². The van der Waals surface area contributed by atoms with Crippen molar-refractivity contribution >= 4 is 32.9 Å². The predicted molar refractivity (Wildman–Crippen MR) is 156 cm³/mol. The summed E-state index contributed by atoms with van der Waals surface area (Å²) in [4.78, 5) is 17.2. The normalized spacial score (nSPS) is 11.3. The molecule has 0 saturated heterocycles. The molecule has 196 valence electrons. The van der Waals surface area contributed by atoms with Gasteiger partial charge in [0.2, 0.25) is 0 Å². The van der Waals surface area contributed by atoms with Crippen molar-refractivity contribution in [3.05, 3.63) is 64.4 Å². The second-order valence-electron chi connectivity index (χ2n) is 9.92. The molecule has 0 radical (unpaired) electrons. The number of rotatable bonds is 18. The Morgan fingerprint density at radius 3 is 2.17 bits per heavy atom. The highest BCUT2D eigenvalue weighted by Crippen LogP contribution is 2.20. The lowest BCUT2D eigenvalue weighted by molar-refractivity contribution is 0.0953.